The summed E-state index contributed by atoms with van der Waals surface area (Å²) in [5.41, 5.74) is 14.1. The van der Waals surface area contributed by atoms with Crippen LogP contribution in [0.15, 0.2) is 66.9 Å². The fourth-order valence-electron chi connectivity index (χ4n) is 3.01. The van der Waals surface area contributed by atoms with Crippen LogP contribution < -0.4 is 5.73 Å². The third-order valence-corrected chi connectivity index (χ3v) is 4.45. The van der Waals surface area contributed by atoms with E-state index in [2.05, 4.69) is 67.4 Å². The molecule has 3 nitrogen and oxygen atoms in total. The Kier molecular flexibility index (Phi) is 3.69. The van der Waals surface area contributed by atoms with Crippen molar-refractivity contribution in [3.8, 4) is 22.5 Å². The van der Waals surface area contributed by atoms with Gasteiger partial charge in [0.05, 0.1) is 22.6 Å². The summed E-state index contributed by atoms with van der Waals surface area (Å²) in [7, 11) is 0. The molecule has 0 spiro atoms. The van der Waals surface area contributed by atoms with E-state index in [0.29, 0.717) is 5.69 Å². The van der Waals surface area contributed by atoms with Gasteiger partial charge in [-0.15, -0.1) is 0 Å². The van der Waals surface area contributed by atoms with Crippen molar-refractivity contribution in [2.45, 2.75) is 13.8 Å². The number of hydrogen-bond donors (Lipinski definition) is 1. The van der Waals surface area contributed by atoms with E-state index in [9.17, 15) is 0 Å². The van der Waals surface area contributed by atoms with E-state index in [1.165, 1.54) is 11.1 Å². The van der Waals surface area contributed by atoms with Gasteiger partial charge >= 0.3 is 0 Å². The predicted molar refractivity (Wildman–Crippen MR) is 104 cm³/mol. The maximum absolute atomic E-state index is 6.46. The Morgan fingerprint density at radius 2 is 1.28 bits per heavy atom. The van der Waals surface area contributed by atoms with E-state index in [-0.39, 0.29) is 0 Å². The molecule has 0 fully saturated rings. The Balaban J connectivity index is 2.03. The first kappa shape index (κ1) is 15.3. The molecule has 4 rings (SSSR count). The van der Waals surface area contributed by atoms with Crippen molar-refractivity contribution in [3.05, 3.63) is 78.0 Å². The second kappa shape index (κ2) is 6.02. The Labute approximate surface area is 147 Å². The van der Waals surface area contributed by atoms with Gasteiger partial charge in [-0.2, -0.15) is 0 Å². The molecule has 0 bridgehead atoms. The van der Waals surface area contributed by atoms with E-state index >= 15 is 0 Å². The van der Waals surface area contributed by atoms with Crippen LogP contribution in [0.2, 0.25) is 0 Å². The lowest BCUT2D eigenvalue weighted by molar-refractivity contribution is 1.30. The smallest absolute Gasteiger partial charge is 0.0986 e. The quantitative estimate of drug-likeness (QED) is 0.553. The van der Waals surface area contributed by atoms with Crippen LogP contribution in [0.5, 0.6) is 0 Å². The fourth-order valence-corrected chi connectivity index (χ4v) is 3.01. The van der Waals surface area contributed by atoms with Crippen molar-refractivity contribution in [1.29, 1.82) is 0 Å². The number of nitrogen functional groups attached to an aromatic ring is 1. The number of hydrogen-bond acceptors (Lipinski definition) is 3. The molecule has 2 N–H and O–H groups in total. The van der Waals surface area contributed by atoms with E-state index in [1.54, 1.807) is 6.20 Å². The Morgan fingerprint density at radius 3 is 1.88 bits per heavy atom. The van der Waals surface area contributed by atoms with Crippen LogP contribution in [0.25, 0.3) is 33.4 Å². The number of nitrogens with two attached hydrogens (primary N) is 1. The minimum absolute atomic E-state index is 0.669. The maximum atomic E-state index is 6.46. The highest BCUT2D eigenvalue weighted by molar-refractivity contribution is 6.03. The van der Waals surface area contributed by atoms with Crippen LogP contribution in [0.4, 0.5) is 5.69 Å². The number of fused-ring (bicyclic) bond motifs is 1. The molecule has 25 heavy (non-hydrogen) atoms. The topological polar surface area (TPSA) is 51.8 Å². The molecule has 4 aromatic rings. The molecule has 122 valence electrons. The van der Waals surface area contributed by atoms with Gasteiger partial charge in [0.1, 0.15) is 0 Å². The average Bonchev–Trinajstić information content (AvgIpc) is 2.64. The summed E-state index contributed by atoms with van der Waals surface area (Å²) in [6, 6.07) is 20.6. The highest BCUT2D eigenvalue weighted by atomic mass is 14.8. The first-order valence-corrected chi connectivity index (χ1v) is 8.32. The number of rotatable bonds is 2. The van der Waals surface area contributed by atoms with Gasteiger partial charge in [0.25, 0.3) is 0 Å². The summed E-state index contributed by atoms with van der Waals surface area (Å²) >= 11 is 0. The molecule has 2 aromatic carbocycles. The third kappa shape index (κ3) is 2.74. The molecule has 0 aliphatic heterocycles. The molecular formula is C22H19N3. The molecule has 0 saturated heterocycles. The second-order valence-corrected chi connectivity index (χ2v) is 6.35. The van der Waals surface area contributed by atoms with Crippen LogP contribution in [0.1, 0.15) is 11.1 Å². The number of pyridine rings is 2. The van der Waals surface area contributed by atoms with Crippen molar-refractivity contribution in [2.24, 2.45) is 0 Å². The lowest BCUT2D eigenvalue weighted by Gasteiger charge is -2.13. The van der Waals surface area contributed by atoms with Crippen molar-refractivity contribution in [1.82, 2.24) is 9.97 Å². The molecule has 0 atom stereocenters. The van der Waals surface area contributed by atoms with Crippen LogP contribution >= 0.6 is 0 Å². The van der Waals surface area contributed by atoms with Gasteiger partial charge in [-0.05, 0) is 26.0 Å². The zero-order valence-corrected chi connectivity index (χ0v) is 14.3. The molecule has 0 amide bonds. The van der Waals surface area contributed by atoms with Gasteiger partial charge in [0.15, 0.2) is 0 Å². The molecule has 0 unspecified atom stereocenters. The van der Waals surface area contributed by atoms with Crippen LogP contribution in [-0.2, 0) is 0 Å². The summed E-state index contributed by atoms with van der Waals surface area (Å²) in [5, 5.41) is 0.934. The minimum atomic E-state index is 0.669. The van der Waals surface area contributed by atoms with Gasteiger partial charge in [0, 0.05) is 22.7 Å². The summed E-state index contributed by atoms with van der Waals surface area (Å²) in [4.78, 5) is 9.46. The van der Waals surface area contributed by atoms with E-state index < -0.39 is 0 Å². The largest absolute Gasteiger partial charge is 0.396 e. The predicted octanol–water partition coefficient (Wildman–Crippen LogP) is 5.16. The van der Waals surface area contributed by atoms with E-state index in [1.807, 2.05) is 12.1 Å². The van der Waals surface area contributed by atoms with Crippen LogP contribution in [0, 0.1) is 13.8 Å². The molecular weight excluding hydrogens is 306 g/mol. The summed E-state index contributed by atoms with van der Waals surface area (Å²) in [6.07, 6.45) is 1.78. The number of benzene rings is 2. The maximum Gasteiger partial charge on any atom is 0.0986 e. The monoisotopic (exact) mass is 325 g/mol. The van der Waals surface area contributed by atoms with E-state index in [0.717, 1.165) is 33.4 Å². The number of nitrogens with zero attached hydrogens (tertiary/aromatic N) is 2. The molecule has 0 radical (unpaired) electrons. The van der Waals surface area contributed by atoms with Gasteiger partial charge in [-0.25, -0.2) is 4.98 Å². The molecule has 0 aliphatic carbocycles. The van der Waals surface area contributed by atoms with Crippen LogP contribution in [-0.4, -0.2) is 9.97 Å². The highest BCUT2D eigenvalue weighted by Gasteiger charge is 2.15. The molecule has 0 aliphatic rings. The van der Waals surface area contributed by atoms with Gasteiger partial charge in [-0.1, -0.05) is 59.7 Å². The van der Waals surface area contributed by atoms with Crippen molar-refractivity contribution < 1.29 is 0 Å². The van der Waals surface area contributed by atoms with Crippen molar-refractivity contribution in [3.63, 3.8) is 0 Å². The average molecular weight is 325 g/mol. The molecule has 2 aromatic heterocycles. The Bertz CT molecular complexity index is 1050. The number of anilines is 1. The van der Waals surface area contributed by atoms with Gasteiger partial charge < -0.3 is 5.73 Å². The zero-order valence-electron chi connectivity index (χ0n) is 14.3. The number of aryl methyl sites for hydroxylation is 2. The third-order valence-electron chi connectivity index (χ3n) is 4.45. The highest BCUT2D eigenvalue weighted by Crippen LogP contribution is 2.35. The molecule has 3 heteroatoms. The van der Waals surface area contributed by atoms with Crippen molar-refractivity contribution in [2.75, 3.05) is 5.73 Å². The fraction of sp³-hybridized carbons (Fsp3) is 0.0909. The van der Waals surface area contributed by atoms with Crippen molar-refractivity contribution >= 4 is 16.6 Å². The first-order valence-electron chi connectivity index (χ1n) is 8.32. The Morgan fingerprint density at radius 1 is 0.720 bits per heavy atom. The molecule has 0 saturated carbocycles. The zero-order chi connectivity index (χ0) is 17.4. The van der Waals surface area contributed by atoms with Gasteiger partial charge in [0.2, 0.25) is 0 Å². The molecule has 2 heterocycles. The minimum Gasteiger partial charge on any atom is -0.396 e. The second-order valence-electron chi connectivity index (χ2n) is 6.35. The van der Waals surface area contributed by atoms with Crippen LogP contribution in [0.3, 0.4) is 0 Å². The number of aromatic nitrogens is 2. The van der Waals surface area contributed by atoms with Gasteiger partial charge in [-0.3, -0.25) is 4.98 Å². The summed E-state index contributed by atoms with van der Waals surface area (Å²) in [5.74, 6) is 0. The Hall–Kier alpha value is -3.20. The normalized spacial score (nSPS) is 11.0. The van der Waals surface area contributed by atoms with E-state index in [4.69, 9.17) is 10.7 Å². The first-order chi connectivity index (χ1) is 12.1. The SMILES string of the molecule is Cc1ccc(-c2nc(-c3ccc(C)cc3)c3ncccc3c2N)cc1. The summed E-state index contributed by atoms with van der Waals surface area (Å²) in [6.45, 7) is 4.15. The lowest BCUT2D eigenvalue weighted by Crippen LogP contribution is -1.99. The lowest BCUT2D eigenvalue weighted by atomic mass is 10.0. The standard InChI is InChI=1S/C22H19N3/c1-14-5-9-16(10-6-14)20-19(23)18-4-3-13-24-22(18)21(25-20)17-11-7-15(2)8-12-17/h3-13H,23H2,1-2H3. The summed E-state index contributed by atoms with van der Waals surface area (Å²) < 4.78 is 0.